The molecule has 1 nitrogen and oxygen atoms in total. The SMILES string of the molecule is CCN=C(C)CC(C)C. The molecule has 0 aromatic carbocycles. The third kappa shape index (κ3) is 5.54. The normalized spacial score (nSPS) is 12.8. The van der Waals surface area contributed by atoms with Gasteiger partial charge in [0.25, 0.3) is 0 Å². The van der Waals surface area contributed by atoms with Crippen molar-refractivity contribution >= 4 is 5.71 Å². The van der Waals surface area contributed by atoms with Crippen molar-refractivity contribution in [2.45, 2.75) is 34.1 Å². The molecule has 9 heavy (non-hydrogen) atoms. The van der Waals surface area contributed by atoms with Crippen LogP contribution < -0.4 is 0 Å². The summed E-state index contributed by atoms with van der Waals surface area (Å²) >= 11 is 0. The minimum Gasteiger partial charge on any atom is -0.295 e. The first-order chi connectivity index (χ1) is 4.16. The quantitative estimate of drug-likeness (QED) is 0.516. The Bertz CT molecular complexity index is 92.7. The van der Waals surface area contributed by atoms with Gasteiger partial charge in [-0.1, -0.05) is 13.8 Å². The number of nitrogens with zero attached hydrogens (tertiary/aromatic N) is 1. The Hall–Kier alpha value is -0.330. The van der Waals surface area contributed by atoms with Crippen LogP contribution in [0.25, 0.3) is 0 Å². The van der Waals surface area contributed by atoms with Crippen LogP contribution in [-0.2, 0) is 0 Å². The standard InChI is InChI=1S/C8H17N/c1-5-9-8(4)6-7(2)3/h7H,5-6H2,1-4H3. The van der Waals surface area contributed by atoms with Gasteiger partial charge in [-0.25, -0.2) is 0 Å². The number of hydrogen-bond acceptors (Lipinski definition) is 1. The molecule has 0 aromatic heterocycles. The van der Waals surface area contributed by atoms with Crippen molar-refractivity contribution in [2.75, 3.05) is 6.54 Å². The van der Waals surface area contributed by atoms with Crippen LogP contribution >= 0.6 is 0 Å². The molecule has 0 aromatic rings. The summed E-state index contributed by atoms with van der Waals surface area (Å²) < 4.78 is 0. The van der Waals surface area contributed by atoms with Crippen molar-refractivity contribution in [1.82, 2.24) is 0 Å². The lowest BCUT2D eigenvalue weighted by atomic mass is 10.1. The van der Waals surface area contributed by atoms with Gasteiger partial charge in [0.1, 0.15) is 0 Å². The monoisotopic (exact) mass is 127 g/mol. The Morgan fingerprint density at radius 1 is 1.44 bits per heavy atom. The second kappa shape index (κ2) is 4.54. The van der Waals surface area contributed by atoms with Crippen LogP contribution in [-0.4, -0.2) is 12.3 Å². The maximum atomic E-state index is 4.28. The van der Waals surface area contributed by atoms with Gasteiger partial charge in [-0.05, 0) is 26.2 Å². The molecule has 0 amide bonds. The molecule has 0 bridgehead atoms. The maximum Gasteiger partial charge on any atom is 0.0360 e. The zero-order valence-corrected chi connectivity index (χ0v) is 6.94. The van der Waals surface area contributed by atoms with E-state index >= 15 is 0 Å². The second-order valence-corrected chi connectivity index (χ2v) is 2.81. The minimum absolute atomic E-state index is 0.750. The van der Waals surface area contributed by atoms with Gasteiger partial charge in [0.15, 0.2) is 0 Å². The maximum absolute atomic E-state index is 4.28. The molecule has 1 heteroatoms. The molecule has 0 rings (SSSR count). The fourth-order valence-corrected chi connectivity index (χ4v) is 0.925. The highest BCUT2D eigenvalue weighted by Crippen LogP contribution is 2.00. The van der Waals surface area contributed by atoms with Gasteiger partial charge in [0, 0.05) is 12.3 Å². The average molecular weight is 127 g/mol. The van der Waals surface area contributed by atoms with Crippen LogP contribution in [0.3, 0.4) is 0 Å². The van der Waals surface area contributed by atoms with E-state index in [-0.39, 0.29) is 0 Å². The zero-order valence-electron chi connectivity index (χ0n) is 6.94. The van der Waals surface area contributed by atoms with Crippen LogP contribution in [0.4, 0.5) is 0 Å². The molecule has 0 fully saturated rings. The van der Waals surface area contributed by atoms with Crippen LogP contribution in [0.15, 0.2) is 4.99 Å². The summed E-state index contributed by atoms with van der Waals surface area (Å²) in [5.74, 6) is 0.750. The van der Waals surface area contributed by atoms with Crippen LogP contribution in [0.1, 0.15) is 34.1 Å². The van der Waals surface area contributed by atoms with Gasteiger partial charge in [0.05, 0.1) is 0 Å². The van der Waals surface area contributed by atoms with E-state index < -0.39 is 0 Å². The largest absolute Gasteiger partial charge is 0.295 e. The molecular weight excluding hydrogens is 110 g/mol. The van der Waals surface area contributed by atoms with Crippen molar-refractivity contribution in [3.8, 4) is 0 Å². The third-order valence-corrected chi connectivity index (χ3v) is 1.13. The first-order valence-electron chi connectivity index (χ1n) is 3.66. The van der Waals surface area contributed by atoms with E-state index in [1.807, 2.05) is 0 Å². The van der Waals surface area contributed by atoms with Crippen molar-refractivity contribution < 1.29 is 0 Å². The van der Waals surface area contributed by atoms with Crippen molar-refractivity contribution in [1.29, 1.82) is 0 Å². The van der Waals surface area contributed by atoms with E-state index in [9.17, 15) is 0 Å². The molecule has 0 N–H and O–H groups in total. The highest BCUT2D eigenvalue weighted by molar-refractivity contribution is 5.81. The fourth-order valence-electron chi connectivity index (χ4n) is 0.925. The van der Waals surface area contributed by atoms with Gasteiger partial charge in [-0.15, -0.1) is 0 Å². The number of rotatable bonds is 3. The summed E-state index contributed by atoms with van der Waals surface area (Å²) in [4.78, 5) is 4.28. The first-order valence-corrected chi connectivity index (χ1v) is 3.66. The molecule has 0 saturated heterocycles. The molecule has 0 atom stereocenters. The summed E-state index contributed by atoms with van der Waals surface area (Å²) in [5, 5.41) is 0. The molecule has 0 spiro atoms. The van der Waals surface area contributed by atoms with Crippen LogP contribution in [0.5, 0.6) is 0 Å². The Balaban J connectivity index is 3.49. The molecular formula is C8H17N. The van der Waals surface area contributed by atoms with Crippen molar-refractivity contribution in [2.24, 2.45) is 10.9 Å². The highest BCUT2D eigenvalue weighted by atomic mass is 14.7. The van der Waals surface area contributed by atoms with E-state index in [0.29, 0.717) is 0 Å². The van der Waals surface area contributed by atoms with E-state index in [4.69, 9.17) is 0 Å². The minimum atomic E-state index is 0.750. The summed E-state index contributed by atoms with van der Waals surface area (Å²) in [6.45, 7) is 9.54. The Morgan fingerprint density at radius 3 is 2.33 bits per heavy atom. The zero-order chi connectivity index (χ0) is 7.28. The molecule has 0 saturated carbocycles. The van der Waals surface area contributed by atoms with Gasteiger partial charge in [-0.3, -0.25) is 4.99 Å². The highest BCUT2D eigenvalue weighted by Gasteiger charge is 1.94. The van der Waals surface area contributed by atoms with Crippen LogP contribution in [0.2, 0.25) is 0 Å². The summed E-state index contributed by atoms with van der Waals surface area (Å²) in [6.07, 6.45) is 1.15. The topological polar surface area (TPSA) is 12.4 Å². The van der Waals surface area contributed by atoms with E-state index in [1.54, 1.807) is 0 Å². The number of hydrogen-bond donors (Lipinski definition) is 0. The molecule has 0 aliphatic heterocycles. The molecule has 54 valence electrons. The summed E-state index contributed by atoms with van der Waals surface area (Å²) in [6, 6.07) is 0. The van der Waals surface area contributed by atoms with Gasteiger partial charge in [0.2, 0.25) is 0 Å². The van der Waals surface area contributed by atoms with Crippen molar-refractivity contribution in [3.63, 3.8) is 0 Å². The predicted octanol–water partition coefficient (Wildman–Crippen LogP) is 2.51. The predicted molar refractivity (Wildman–Crippen MR) is 43.1 cm³/mol. The summed E-state index contributed by atoms with van der Waals surface area (Å²) in [7, 11) is 0. The van der Waals surface area contributed by atoms with E-state index in [2.05, 4.69) is 32.7 Å². The molecule has 0 unspecified atom stereocenters. The van der Waals surface area contributed by atoms with Crippen LogP contribution in [0, 0.1) is 5.92 Å². The van der Waals surface area contributed by atoms with E-state index in [0.717, 1.165) is 18.9 Å². The first kappa shape index (κ1) is 8.67. The lowest BCUT2D eigenvalue weighted by Gasteiger charge is -2.01. The molecule has 0 aliphatic carbocycles. The van der Waals surface area contributed by atoms with Gasteiger partial charge >= 0.3 is 0 Å². The second-order valence-electron chi connectivity index (χ2n) is 2.81. The Kier molecular flexibility index (Phi) is 4.37. The Labute approximate surface area is 58.2 Å². The third-order valence-electron chi connectivity index (χ3n) is 1.13. The molecule has 0 heterocycles. The summed E-state index contributed by atoms with van der Waals surface area (Å²) in [5.41, 5.74) is 1.28. The van der Waals surface area contributed by atoms with Gasteiger partial charge < -0.3 is 0 Å². The van der Waals surface area contributed by atoms with E-state index in [1.165, 1.54) is 5.71 Å². The molecule has 0 radical (unpaired) electrons. The molecule has 0 aliphatic rings. The Morgan fingerprint density at radius 2 is 2.00 bits per heavy atom. The number of aliphatic imine (C=N–C) groups is 1. The lowest BCUT2D eigenvalue weighted by Crippen LogP contribution is -1.98. The fraction of sp³-hybridized carbons (Fsp3) is 0.875. The smallest absolute Gasteiger partial charge is 0.0360 e. The average Bonchev–Trinajstić information content (AvgIpc) is 1.63. The lowest BCUT2D eigenvalue weighted by molar-refractivity contribution is 0.681. The van der Waals surface area contributed by atoms with Crippen molar-refractivity contribution in [3.05, 3.63) is 0 Å². The van der Waals surface area contributed by atoms with Gasteiger partial charge in [-0.2, -0.15) is 0 Å².